The van der Waals surface area contributed by atoms with Gasteiger partial charge in [0.15, 0.2) is 11.5 Å². The summed E-state index contributed by atoms with van der Waals surface area (Å²) in [5.74, 6) is -1.12. The molecule has 0 saturated heterocycles. The van der Waals surface area contributed by atoms with Crippen LogP contribution < -0.4 is 0 Å². The molecule has 0 spiro atoms. The molecule has 0 atom stereocenters. The van der Waals surface area contributed by atoms with Crippen LogP contribution in [0.3, 0.4) is 0 Å². The number of carbonyl (C=O) groups excluding carboxylic acids is 2. The third kappa shape index (κ3) is 6.34. The van der Waals surface area contributed by atoms with Gasteiger partial charge in [-0.3, -0.25) is 9.59 Å². The van der Waals surface area contributed by atoms with E-state index in [1.54, 1.807) is 24.3 Å². The van der Waals surface area contributed by atoms with Gasteiger partial charge in [-0.15, -0.1) is 0 Å². The zero-order valence-corrected chi connectivity index (χ0v) is 22.8. The molecule has 0 amide bonds. The van der Waals surface area contributed by atoms with Gasteiger partial charge in [-0.05, 0) is 57.6 Å². The van der Waals surface area contributed by atoms with Gasteiger partial charge in [0.25, 0.3) is 0 Å². The minimum Gasteiger partial charge on any atom is -0.508 e. The van der Waals surface area contributed by atoms with Gasteiger partial charge in [0.2, 0.25) is 0 Å². The summed E-state index contributed by atoms with van der Waals surface area (Å²) in [6, 6.07) is 30.8. The van der Waals surface area contributed by atoms with Gasteiger partial charge in [0, 0.05) is 36.8 Å². The molecule has 0 aliphatic heterocycles. The Morgan fingerprint density at radius 2 is 0.762 bits per heavy atom. The maximum absolute atomic E-state index is 13.5. The first-order valence-corrected chi connectivity index (χ1v) is 13.6. The minimum atomic E-state index is -0.439. The van der Waals surface area contributed by atoms with Crippen molar-refractivity contribution >= 4 is 11.6 Å². The summed E-state index contributed by atoms with van der Waals surface area (Å²) < 4.78 is 0. The van der Waals surface area contributed by atoms with Crippen molar-refractivity contribution in [1.29, 1.82) is 0 Å². The number of hydrogen-bond acceptors (Lipinski definition) is 6. The summed E-state index contributed by atoms with van der Waals surface area (Å²) in [6.45, 7) is 0. The zero-order chi connectivity index (χ0) is 29.6. The van der Waals surface area contributed by atoms with Gasteiger partial charge < -0.3 is 20.4 Å². The fraction of sp³-hybridized carbons (Fsp3) is 0.111. The van der Waals surface area contributed by atoms with Crippen LogP contribution in [0.2, 0.25) is 0 Å². The van der Waals surface area contributed by atoms with Crippen LogP contribution >= 0.6 is 0 Å². The monoisotopic (exact) mass is 558 g/mol. The molecule has 6 nitrogen and oxygen atoms in total. The first kappa shape index (κ1) is 28.2. The van der Waals surface area contributed by atoms with Crippen LogP contribution in [0.25, 0.3) is 22.3 Å². The van der Waals surface area contributed by atoms with Crippen molar-refractivity contribution in [2.24, 2.45) is 0 Å². The third-order valence-corrected chi connectivity index (χ3v) is 7.21. The number of Topliss-reactive ketones (excluding diaryl/α,β-unsaturated/α-hetero) is 2. The molecule has 0 unspecified atom stereocenters. The van der Waals surface area contributed by atoms with E-state index in [0.717, 1.165) is 11.1 Å². The van der Waals surface area contributed by atoms with Crippen LogP contribution in [0.4, 0.5) is 0 Å². The number of aromatic hydroxyl groups is 4. The number of ketones is 2. The van der Waals surface area contributed by atoms with E-state index in [0.29, 0.717) is 22.3 Å². The van der Waals surface area contributed by atoms with E-state index in [-0.39, 0.29) is 59.9 Å². The largest absolute Gasteiger partial charge is 0.508 e. The molecule has 0 bridgehead atoms. The highest BCUT2D eigenvalue weighted by Crippen LogP contribution is 2.49. The van der Waals surface area contributed by atoms with Crippen molar-refractivity contribution in [1.82, 2.24) is 0 Å². The molecule has 0 heterocycles. The van der Waals surface area contributed by atoms with Crippen LogP contribution in [0.15, 0.2) is 109 Å². The SMILES string of the molecule is O=C(Cc1ccccc1)Cc1c(CC(=O)Cc2ccccc2)c(-c2ccc(O)cc2)c(O)c(O)c1-c1ccc(O)cc1. The maximum atomic E-state index is 13.5. The van der Waals surface area contributed by atoms with Crippen molar-refractivity contribution in [3.05, 3.63) is 131 Å². The Balaban J connectivity index is 1.71. The molecular weight excluding hydrogens is 528 g/mol. The molecule has 0 aliphatic rings. The van der Waals surface area contributed by atoms with E-state index in [1.807, 2.05) is 60.7 Å². The summed E-state index contributed by atoms with van der Waals surface area (Å²) in [4.78, 5) is 27.1. The van der Waals surface area contributed by atoms with E-state index >= 15 is 0 Å². The fourth-order valence-corrected chi connectivity index (χ4v) is 5.26. The van der Waals surface area contributed by atoms with Crippen molar-refractivity contribution in [2.45, 2.75) is 25.7 Å². The molecule has 0 radical (unpaired) electrons. The summed E-state index contributed by atoms with van der Waals surface area (Å²) in [6.07, 6.45) is 0.0584. The Labute approximate surface area is 243 Å². The molecule has 6 heteroatoms. The first-order chi connectivity index (χ1) is 20.3. The van der Waals surface area contributed by atoms with Crippen molar-refractivity contribution in [2.75, 3.05) is 0 Å². The van der Waals surface area contributed by atoms with Crippen molar-refractivity contribution < 1.29 is 30.0 Å². The Morgan fingerprint density at radius 1 is 0.429 bits per heavy atom. The van der Waals surface area contributed by atoms with Crippen molar-refractivity contribution in [3.8, 4) is 45.3 Å². The van der Waals surface area contributed by atoms with Gasteiger partial charge in [-0.2, -0.15) is 0 Å². The highest BCUT2D eigenvalue weighted by Gasteiger charge is 2.28. The van der Waals surface area contributed by atoms with E-state index in [2.05, 4.69) is 0 Å². The molecule has 0 saturated carbocycles. The highest BCUT2D eigenvalue weighted by atomic mass is 16.3. The number of benzene rings is 5. The predicted octanol–water partition coefficient (Wildman–Crippen LogP) is 6.55. The molecule has 210 valence electrons. The highest BCUT2D eigenvalue weighted by molar-refractivity contribution is 5.96. The predicted molar refractivity (Wildman–Crippen MR) is 162 cm³/mol. The van der Waals surface area contributed by atoms with Crippen LogP contribution in [-0.2, 0) is 35.3 Å². The Kier molecular flexibility index (Phi) is 8.34. The summed E-state index contributed by atoms with van der Waals surface area (Å²) in [7, 11) is 0. The molecule has 42 heavy (non-hydrogen) atoms. The lowest BCUT2D eigenvalue weighted by Gasteiger charge is -2.22. The average molecular weight is 559 g/mol. The summed E-state index contributed by atoms with van der Waals surface area (Å²) in [5.41, 5.74) is 3.88. The van der Waals surface area contributed by atoms with Gasteiger partial charge >= 0.3 is 0 Å². The Hall–Kier alpha value is -5.36. The molecular formula is C36H30O6. The lowest BCUT2D eigenvalue weighted by molar-refractivity contribution is -0.119. The Bertz CT molecular complexity index is 1580. The van der Waals surface area contributed by atoms with Gasteiger partial charge in [0.1, 0.15) is 23.1 Å². The summed E-state index contributed by atoms with van der Waals surface area (Å²) in [5, 5.41) is 42.7. The van der Waals surface area contributed by atoms with Crippen LogP contribution in [0, 0.1) is 0 Å². The van der Waals surface area contributed by atoms with E-state index < -0.39 is 11.5 Å². The number of phenolic OH excluding ortho intramolecular Hbond substituents is 4. The second kappa shape index (κ2) is 12.4. The molecule has 5 rings (SSSR count). The number of phenols is 4. The molecule has 5 aromatic carbocycles. The zero-order valence-electron chi connectivity index (χ0n) is 22.8. The number of rotatable bonds is 10. The Morgan fingerprint density at radius 3 is 1.10 bits per heavy atom. The molecule has 0 fully saturated rings. The van der Waals surface area contributed by atoms with Gasteiger partial charge in [-0.1, -0.05) is 84.9 Å². The lowest BCUT2D eigenvalue weighted by Crippen LogP contribution is -2.15. The van der Waals surface area contributed by atoms with Crippen LogP contribution in [-0.4, -0.2) is 32.0 Å². The average Bonchev–Trinajstić information content (AvgIpc) is 2.98. The standard InChI is InChI=1S/C36H30O6/c37-27-15-11-25(12-16-27)33-31(21-29(39)19-23-7-3-1-4-8-23)32(22-30(40)20-24-9-5-2-6-10-24)34(36(42)35(33)41)26-13-17-28(38)18-14-26/h1-18,37-38,41-42H,19-22H2. The second-order valence-corrected chi connectivity index (χ2v) is 10.3. The smallest absolute Gasteiger partial charge is 0.166 e. The van der Waals surface area contributed by atoms with E-state index in [1.165, 1.54) is 24.3 Å². The van der Waals surface area contributed by atoms with Crippen LogP contribution in [0.5, 0.6) is 23.0 Å². The van der Waals surface area contributed by atoms with E-state index in [9.17, 15) is 30.0 Å². The lowest BCUT2D eigenvalue weighted by atomic mass is 9.82. The van der Waals surface area contributed by atoms with Gasteiger partial charge in [-0.25, -0.2) is 0 Å². The molecule has 4 N–H and O–H groups in total. The quantitative estimate of drug-likeness (QED) is 0.145. The second-order valence-electron chi connectivity index (χ2n) is 10.3. The molecule has 5 aromatic rings. The first-order valence-electron chi connectivity index (χ1n) is 13.6. The minimum absolute atomic E-state index is 0.0168. The normalized spacial score (nSPS) is 10.9. The number of hydrogen-bond donors (Lipinski definition) is 4. The van der Waals surface area contributed by atoms with Gasteiger partial charge in [0.05, 0.1) is 0 Å². The van der Waals surface area contributed by atoms with E-state index in [4.69, 9.17) is 0 Å². The van der Waals surface area contributed by atoms with Crippen molar-refractivity contribution in [3.63, 3.8) is 0 Å². The molecule has 0 aliphatic carbocycles. The fourth-order valence-electron chi connectivity index (χ4n) is 5.26. The molecule has 0 aromatic heterocycles. The third-order valence-electron chi connectivity index (χ3n) is 7.21. The summed E-state index contributed by atoms with van der Waals surface area (Å²) >= 11 is 0. The topological polar surface area (TPSA) is 115 Å². The maximum Gasteiger partial charge on any atom is 0.166 e. The van der Waals surface area contributed by atoms with Crippen LogP contribution in [0.1, 0.15) is 22.3 Å². The number of carbonyl (C=O) groups is 2.